The maximum Gasteiger partial charge on any atom is 0.303 e. The minimum atomic E-state index is -0.776. The lowest BCUT2D eigenvalue weighted by atomic mass is 10.1. The average molecular weight is 268 g/mol. The van der Waals surface area contributed by atoms with E-state index >= 15 is 0 Å². The van der Waals surface area contributed by atoms with Crippen LogP contribution in [-0.2, 0) is 16.0 Å². The van der Waals surface area contributed by atoms with E-state index < -0.39 is 5.97 Å². The summed E-state index contributed by atoms with van der Waals surface area (Å²) in [4.78, 5) is 22.0. The first-order chi connectivity index (χ1) is 9.00. The fourth-order valence-electron chi connectivity index (χ4n) is 1.78. The molecular weight excluding hydrogens is 248 g/mol. The molecule has 0 saturated carbocycles. The third kappa shape index (κ3) is 5.54. The van der Waals surface area contributed by atoms with Crippen molar-refractivity contribution in [3.63, 3.8) is 0 Å². The number of rotatable bonds is 8. The van der Waals surface area contributed by atoms with Crippen LogP contribution in [0.3, 0.4) is 0 Å². The lowest BCUT2D eigenvalue weighted by Crippen LogP contribution is -2.26. The molecule has 1 rings (SSSR count). The minimum absolute atomic E-state index is 0.0624. The van der Waals surface area contributed by atoms with E-state index in [-0.39, 0.29) is 18.7 Å². The van der Waals surface area contributed by atoms with Crippen molar-refractivity contribution in [1.82, 2.24) is 10.5 Å². The summed E-state index contributed by atoms with van der Waals surface area (Å²) in [6.07, 6.45) is 2.71. The van der Waals surface area contributed by atoms with Gasteiger partial charge in [-0.25, -0.2) is 0 Å². The summed E-state index contributed by atoms with van der Waals surface area (Å²) in [7, 11) is 0. The molecule has 0 aliphatic heterocycles. The Morgan fingerprint density at radius 2 is 2.00 bits per heavy atom. The largest absolute Gasteiger partial charge is 0.481 e. The smallest absolute Gasteiger partial charge is 0.303 e. The number of carbonyl (C=O) groups is 2. The molecule has 0 aromatic carbocycles. The van der Waals surface area contributed by atoms with Crippen LogP contribution in [0.5, 0.6) is 0 Å². The lowest BCUT2D eigenvalue weighted by molar-refractivity contribution is -0.137. The normalized spacial score (nSPS) is 10.4. The van der Waals surface area contributed by atoms with Gasteiger partial charge in [-0.15, -0.1) is 0 Å². The first-order valence-electron chi connectivity index (χ1n) is 6.41. The topological polar surface area (TPSA) is 92.4 Å². The van der Waals surface area contributed by atoms with Crippen molar-refractivity contribution in [3.8, 4) is 0 Å². The van der Waals surface area contributed by atoms with Crippen LogP contribution in [0.15, 0.2) is 4.52 Å². The molecule has 19 heavy (non-hydrogen) atoms. The summed E-state index contributed by atoms with van der Waals surface area (Å²) in [5, 5.41) is 15.1. The number of aromatic nitrogens is 1. The fourth-order valence-corrected chi connectivity index (χ4v) is 1.78. The zero-order valence-corrected chi connectivity index (χ0v) is 11.4. The van der Waals surface area contributed by atoms with Crippen molar-refractivity contribution in [2.24, 2.45) is 0 Å². The van der Waals surface area contributed by atoms with Crippen molar-refractivity contribution in [1.29, 1.82) is 0 Å². The molecule has 0 fully saturated rings. The van der Waals surface area contributed by atoms with Crippen LogP contribution in [0.2, 0.25) is 0 Å². The Hall–Kier alpha value is -1.85. The molecule has 6 nitrogen and oxygen atoms in total. The minimum Gasteiger partial charge on any atom is -0.481 e. The van der Waals surface area contributed by atoms with Crippen LogP contribution >= 0.6 is 0 Å². The van der Waals surface area contributed by atoms with Gasteiger partial charge in [-0.3, -0.25) is 9.59 Å². The van der Waals surface area contributed by atoms with Crippen molar-refractivity contribution >= 4 is 11.9 Å². The first-order valence-corrected chi connectivity index (χ1v) is 6.41. The highest BCUT2D eigenvalue weighted by Crippen LogP contribution is 2.12. The van der Waals surface area contributed by atoms with Crippen LogP contribution in [0, 0.1) is 13.8 Å². The highest BCUT2D eigenvalue weighted by molar-refractivity contribution is 5.78. The van der Waals surface area contributed by atoms with Crippen LogP contribution in [0.1, 0.15) is 42.7 Å². The van der Waals surface area contributed by atoms with E-state index in [0.29, 0.717) is 18.7 Å². The molecule has 0 aliphatic carbocycles. The maximum absolute atomic E-state index is 11.7. The molecule has 0 aliphatic rings. The Labute approximate surface area is 112 Å². The molecule has 0 atom stereocenters. The SMILES string of the molecule is Cc1noc(C)c1CC(=O)NCCCCCC(=O)O. The highest BCUT2D eigenvalue weighted by atomic mass is 16.5. The standard InChI is InChI=1S/C13H20N2O4/c1-9-11(10(2)19-15-9)8-12(16)14-7-5-3-4-6-13(17)18/h3-8H2,1-2H3,(H,14,16)(H,17,18). The van der Waals surface area contributed by atoms with Gasteiger partial charge in [0.25, 0.3) is 0 Å². The van der Waals surface area contributed by atoms with Crippen molar-refractivity contribution in [3.05, 3.63) is 17.0 Å². The predicted octanol–water partition coefficient (Wildman–Crippen LogP) is 1.60. The molecule has 1 amide bonds. The summed E-state index contributed by atoms with van der Waals surface area (Å²) in [6.45, 7) is 4.17. The second-order valence-electron chi connectivity index (χ2n) is 4.53. The number of carboxylic acid groups (broad SMARTS) is 1. The van der Waals surface area contributed by atoms with Gasteiger partial charge in [-0.1, -0.05) is 11.6 Å². The molecule has 0 spiro atoms. The third-order valence-electron chi connectivity index (χ3n) is 2.91. The van der Waals surface area contributed by atoms with Crippen molar-refractivity contribution in [2.45, 2.75) is 46.0 Å². The molecule has 106 valence electrons. The molecule has 0 saturated heterocycles. The Balaban J connectivity index is 2.17. The zero-order chi connectivity index (χ0) is 14.3. The molecule has 0 bridgehead atoms. The van der Waals surface area contributed by atoms with E-state index in [1.807, 2.05) is 6.92 Å². The number of amides is 1. The maximum atomic E-state index is 11.7. The van der Waals surface area contributed by atoms with Gasteiger partial charge in [0.15, 0.2) is 0 Å². The summed E-state index contributed by atoms with van der Waals surface area (Å²) in [5.41, 5.74) is 1.58. The average Bonchev–Trinajstić information content (AvgIpc) is 2.65. The number of aryl methyl sites for hydroxylation is 2. The Bertz CT molecular complexity index is 420. The Kier molecular flexibility index (Phi) is 6.05. The van der Waals surface area contributed by atoms with E-state index in [1.165, 1.54) is 0 Å². The molecule has 0 radical (unpaired) electrons. The number of hydrogen-bond donors (Lipinski definition) is 2. The Morgan fingerprint density at radius 1 is 1.26 bits per heavy atom. The molecule has 1 aromatic rings. The van der Waals surface area contributed by atoms with Gasteiger partial charge < -0.3 is 14.9 Å². The number of hydrogen-bond acceptors (Lipinski definition) is 4. The first kappa shape index (κ1) is 15.2. The van der Waals surface area contributed by atoms with Crippen LogP contribution in [0.4, 0.5) is 0 Å². The number of aliphatic carboxylic acids is 1. The second kappa shape index (κ2) is 7.56. The van der Waals surface area contributed by atoms with E-state index in [4.69, 9.17) is 9.63 Å². The molecule has 1 heterocycles. The monoisotopic (exact) mass is 268 g/mol. The van der Waals surface area contributed by atoms with Crippen molar-refractivity contribution in [2.75, 3.05) is 6.54 Å². The van der Waals surface area contributed by atoms with Gasteiger partial charge in [-0.2, -0.15) is 0 Å². The lowest BCUT2D eigenvalue weighted by Gasteiger charge is -2.04. The number of nitrogens with zero attached hydrogens (tertiary/aromatic N) is 1. The number of unbranched alkanes of at least 4 members (excludes halogenated alkanes) is 2. The summed E-state index contributed by atoms with van der Waals surface area (Å²) < 4.78 is 4.99. The van der Waals surface area contributed by atoms with E-state index in [1.54, 1.807) is 6.92 Å². The summed E-state index contributed by atoms with van der Waals surface area (Å²) in [5.74, 6) is -0.163. The number of carbonyl (C=O) groups excluding carboxylic acids is 1. The number of nitrogens with one attached hydrogen (secondary N) is 1. The van der Waals surface area contributed by atoms with Gasteiger partial charge >= 0.3 is 5.97 Å². The van der Waals surface area contributed by atoms with E-state index in [0.717, 1.165) is 24.1 Å². The third-order valence-corrected chi connectivity index (χ3v) is 2.91. The van der Waals surface area contributed by atoms with Gasteiger partial charge in [-0.05, 0) is 26.7 Å². The highest BCUT2D eigenvalue weighted by Gasteiger charge is 2.12. The summed E-state index contributed by atoms with van der Waals surface area (Å²) >= 11 is 0. The zero-order valence-electron chi connectivity index (χ0n) is 11.4. The van der Waals surface area contributed by atoms with Crippen LogP contribution in [-0.4, -0.2) is 28.7 Å². The van der Waals surface area contributed by atoms with E-state index in [9.17, 15) is 9.59 Å². The van der Waals surface area contributed by atoms with E-state index in [2.05, 4.69) is 10.5 Å². The number of carboxylic acids is 1. The van der Waals surface area contributed by atoms with Gasteiger partial charge in [0.1, 0.15) is 5.76 Å². The van der Waals surface area contributed by atoms with Gasteiger partial charge in [0, 0.05) is 18.5 Å². The molecule has 0 unspecified atom stereocenters. The fraction of sp³-hybridized carbons (Fsp3) is 0.615. The molecule has 2 N–H and O–H groups in total. The second-order valence-corrected chi connectivity index (χ2v) is 4.53. The predicted molar refractivity (Wildman–Crippen MR) is 68.8 cm³/mol. The Morgan fingerprint density at radius 3 is 2.58 bits per heavy atom. The summed E-state index contributed by atoms with van der Waals surface area (Å²) in [6, 6.07) is 0. The molecule has 6 heteroatoms. The van der Waals surface area contributed by atoms with Crippen molar-refractivity contribution < 1.29 is 19.2 Å². The molecule has 1 aromatic heterocycles. The van der Waals surface area contributed by atoms with Gasteiger partial charge in [0.05, 0.1) is 12.1 Å². The van der Waals surface area contributed by atoms with Crippen LogP contribution < -0.4 is 5.32 Å². The molecular formula is C13H20N2O4. The quantitative estimate of drug-likeness (QED) is 0.698. The van der Waals surface area contributed by atoms with Crippen LogP contribution in [0.25, 0.3) is 0 Å². The van der Waals surface area contributed by atoms with Gasteiger partial charge in [0.2, 0.25) is 5.91 Å².